The van der Waals surface area contributed by atoms with Crippen LogP contribution in [0, 0.1) is 29.1 Å². The van der Waals surface area contributed by atoms with E-state index in [-0.39, 0.29) is 29.9 Å². The molecule has 5 rings (SSSR count). The number of anilines is 3. The molecule has 15 heteroatoms. The predicted molar refractivity (Wildman–Crippen MR) is 145 cm³/mol. The molecule has 3 aliphatic carbocycles. The van der Waals surface area contributed by atoms with Crippen LogP contribution in [0.4, 0.5) is 43.9 Å². The van der Waals surface area contributed by atoms with Crippen molar-refractivity contribution in [3.05, 3.63) is 40.5 Å². The number of rotatable bonds is 9. The Morgan fingerprint density at radius 3 is 2.40 bits per heavy atom. The number of fused-ring (bicyclic) bond motifs is 1. The first-order valence-corrected chi connectivity index (χ1v) is 13.7. The van der Waals surface area contributed by atoms with E-state index in [2.05, 4.69) is 27.7 Å². The Bertz CT molecular complexity index is 1430. The highest BCUT2D eigenvalue weighted by atomic mass is 19.4. The molecule has 0 saturated heterocycles. The molecule has 2 aromatic rings. The molecule has 0 spiro atoms. The second-order valence-electron chi connectivity index (χ2n) is 11.4. The van der Waals surface area contributed by atoms with E-state index in [0.717, 1.165) is 23.7 Å². The second kappa shape index (κ2) is 10.6. The Morgan fingerprint density at radius 2 is 1.90 bits per heavy atom. The van der Waals surface area contributed by atoms with E-state index in [1.807, 2.05) is 11.9 Å². The van der Waals surface area contributed by atoms with Crippen LogP contribution in [0.3, 0.4) is 0 Å². The molecule has 9 nitrogen and oxygen atoms in total. The SMILES string of the molecule is CNc1nc(N(C)CC2CC[C@H]2C)c(CN(c2nnn(C)n2)[C@@H]2C3=CC(C(F)(F)F)=CC(C(F)(F)F)C32)cc1C(C)=N. The number of nitrogens with one attached hydrogen (secondary N) is 2. The van der Waals surface area contributed by atoms with Gasteiger partial charge in [0.05, 0.1) is 31.1 Å². The molecule has 0 aliphatic heterocycles. The maximum Gasteiger partial charge on any atom is 0.416 e. The fourth-order valence-electron chi connectivity index (χ4n) is 6.03. The van der Waals surface area contributed by atoms with Crippen LogP contribution >= 0.6 is 0 Å². The number of allylic oxidation sites excluding steroid dienone is 3. The molecule has 2 N–H and O–H groups in total. The van der Waals surface area contributed by atoms with Crippen molar-refractivity contribution in [1.82, 2.24) is 25.2 Å². The summed E-state index contributed by atoms with van der Waals surface area (Å²) in [4.78, 5) is 9.40. The lowest BCUT2D eigenvalue weighted by Crippen LogP contribution is -2.37. The predicted octanol–water partition coefficient (Wildman–Crippen LogP) is 5.13. The molecule has 3 aliphatic rings. The summed E-state index contributed by atoms with van der Waals surface area (Å²) < 4.78 is 83.1. The minimum absolute atomic E-state index is 0.0145. The number of alkyl halides is 6. The summed E-state index contributed by atoms with van der Waals surface area (Å²) in [5.41, 5.74) is -0.00813. The average Bonchev–Trinajstić information content (AvgIpc) is 3.47. The molecule has 42 heavy (non-hydrogen) atoms. The summed E-state index contributed by atoms with van der Waals surface area (Å²) in [7, 11) is 5.07. The highest BCUT2D eigenvalue weighted by Crippen LogP contribution is 2.58. The third kappa shape index (κ3) is 5.56. The van der Waals surface area contributed by atoms with Crippen molar-refractivity contribution in [2.75, 3.05) is 35.8 Å². The fourth-order valence-corrected chi connectivity index (χ4v) is 6.03. The number of aromatic nitrogens is 5. The van der Waals surface area contributed by atoms with Crippen LogP contribution < -0.4 is 15.1 Å². The van der Waals surface area contributed by atoms with Gasteiger partial charge in [-0.3, -0.25) is 0 Å². The molecule has 0 aromatic carbocycles. The van der Waals surface area contributed by atoms with E-state index < -0.39 is 35.8 Å². The zero-order valence-corrected chi connectivity index (χ0v) is 23.8. The summed E-state index contributed by atoms with van der Waals surface area (Å²) in [6, 6.07) is 0.706. The first-order chi connectivity index (χ1) is 19.6. The Hall–Kier alpha value is -3.65. The Kier molecular flexibility index (Phi) is 7.50. The van der Waals surface area contributed by atoms with E-state index in [4.69, 9.17) is 10.4 Å². The fraction of sp³-hybridized carbons (Fsp3) is 0.593. The van der Waals surface area contributed by atoms with Gasteiger partial charge >= 0.3 is 12.4 Å². The number of nitrogens with zero attached hydrogens (tertiary/aromatic N) is 7. The largest absolute Gasteiger partial charge is 0.416 e. The van der Waals surface area contributed by atoms with Crippen LogP contribution in [0.1, 0.15) is 37.8 Å². The maximum absolute atomic E-state index is 14.1. The Morgan fingerprint density at radius 1 is 1.19 bits per heavy atom. The van der Waals surface area contributed by atoms with Gasteiger partial charge in [-0.2, -0.15) is 31.1 Å². The van der Waals surface area contributed by atoms with Gasteiger partial charge in [0, 0.05) is 43.4 Å². The maximum atomic E-state index is 14.1. The Balaban J connectivity index is 1.58. The lowest BCUT2D eigenvalue weighted by Gasteiger charge is -2.38. The third-order valence-corrected chi connectivity index (χ3v) is 8.55. The van der Waals surface area contributed by atoms with Crippen LogP contribution in [0.25, 0.3) is 0 Å². The first kappa shape index (κ1) is 29.8. The van der Waals surface area contributed by atoms with Crippen molar-refractivity contribution in [1.29, 1.82) is 5.41 Å². The minimum atomic E-state index is -4.93. The first-order valence-electron chi connectivity index (χ1n) is 13.7. The van der Waals surface area contributed by atoms with E-state index in [0.29, 0.717) is 41.1 Å². The zero-order valence-electron chi connectivity index (χ0n) is 23.8. The number of aryl methyl sites for hydroxylation is 1. The third-order valence-electron chi connectivity index (χ3n) is 8.55. The van der Waals surface area contributed by atoms with Crippen molar-refractivity contribution in [3.63, 3.8) is 0 Å². The number of pyridine rings is 1. The van der Waals surface area contributed by atoms with Gasteiger partial charge in [0.2, 0.25) is 0 Å². The Labute approximate surface area is 239 Å². The summed E-state index contributed by atoms with van der Waals surface area (Å²) in [6.45, 7) is 4.42. The molecule has 2 heterocycles. The molecule has 0 amide bonds. The zero-order chi connectivity index (χ0) is 30.7. The standard InChI is InChI=1S/C27H33F6N9/c1-13-6-7-15(13)11-40(4)24-16(8-18(14(2)34)23(35-3)36-24)12-42(25-37-39-41(5)38-25)22-19-9-17(26(28,29)30)10-20(21(19)22)27(31,32)33/h8-10,13,15,20-22,34H,6-7,11-12H2,1-5H3,(H,35,36)/t13-,15?,20?,21?,22-/m1/s1. The van der Waals surface area contributed by atoms with Crippen LogP contribution in [0.5, 0.6) is 0 Å². The smallest absolute Gasteiger partial charge is 0.373 e. The van der Waals surface area contributed by atoms with E-state index in [1.54, 1.807) is 20.0 Å². The van der Waals surface area contributed by atoms with Gasteiger partial charge < -0.3 is 20.5 Å². The molecule has 0 radical (unpaired) electrons. The summed E-state index contributed by atoms with van der Waals surface area (Å²) in [5.74, 6) is -1.55. The van der Waals surface area contributed by atoms with E-state index >= 15 is 0 Å². The number of halogens is 6. The van der Waals surface area contributed by atoms with Crippen LogP contribution in [0.2, 0.25) is 0 Å². The van der Waals surface area contributed by atoms with Gasteiger partial charge in [0.1, 0.15) is 11.6 Å². The van der Waals surface area contributed by atoms with Crippen molar-refractivity contribution in [2.24, 2.45) is 30.7 Å². The van der Waals surface area contributed by atoms with Crippen molar-refractivity contribution >= 4 is 23.3 Å². The minimum Gasteiger partial charge on any atom is -0.373 e. The number of tetrazole rings is 1. The van der Waals surface area contributed by atoms with Gasteiger partial charge in [-0.05, 0) is 48.1 Å². The highest BCUT2D eigenvalue weighted by Gasteiger charge is 2.62. The quantitative estimate of drug-likeness (QED) is 0.306. The molecule has 3 unspecified atom stereocenters. The van der Waals surface area contributed by atoms with Crippen LogP contribution in [-0.2, 0) is 13.6 Å². The summed E-state index contributed by atoms with van der Waals surface area (Å²) >= 11 is 0. The lowest BCUT2D eigenvalue weighted by molar-refractivity contribution is -0.167. The topological polar surface area (TPSA) is 98.8 Å². The van der Waals surface area contributed by atoms with Gasteiger partial charge in [0.15, 0.2) is 0 Å². The average molecular weight is 598 g/mol. The van der Waals surface area contributed by atoms with Crippen LogP contribution in [-0.4, -0.2) is 69.9 Å². The number of hydrogen-bond acceptors (Lipinski definition) is 8. The monoisotopic (exact) mass is 597 g/mol. The molecular weight excluding hydrogens is 564 g/mol. The van der Waals surface area contributed by atoms with Gasteiger partial charge in [-0.1, -0.05) is 24.5 Å². The van der Waals surface area contributed by atoms with Gasteiger partial charge in [-0.15, -0.1) is 5.10 Å². The van der Waals surface area contributed by atoms with Crippen molar-refractivity contribution < 1.29 is 26.3 Å². The van der Waals surface area contributed by atoms with Crippen molar-refractivity contribution in [3.8, 4) is 0 Å². The molecule has 2 fully saturated rings. The molecule has 0 bridgehead atoms. The summed E-state index contributed by atoms with van der Waals surface area (Å²) in [6.07, 6.45) is -6.54. The van der Waals surface area contributed by atoms with Crippen LogP contribution in [0.15, 0.2) is 29.4 Å². The van der Waals surface area contributed by atoms with E-state index in [9.17, 15) is 26.3 Å². The normalized spacial score (nSPS) is 25.2. The van der Waals surface area contributed by atoms with Crippen molar-refractivity contribution in [2.45, 2.75) is 51.6 Å². The molecule has 2 aromatic heterocycles. The van der Waals surface area contributed by atoms with Gasteiger partial charge in [0.25, 0.3) is 5.95 Å². The highest BCUT2D eigenvalue weighted by molar-refractivity contribution is 6.01. The summed E-state index contributed by atoms with van der Waals surface area (Å²) in [5, 5.41) is 23.4. The second-order valence-corrected chi connectivity index (χ2v) is 11.4. The number of hydrogen-bond donors (Lipinski definition) is 2. The lowest BCUT2D eigenvalue weighted by atomic mass is 9.75. The van der Waals surface area contributed by atoms with Gasteiger partial charge in [-0.25, -0.2) is 4.98 Å². The van der Waals surface area contributed by atoms with E-state index in [1.165, 1.54) is 11.9 Å². The molecular formula is C27H33F6N9. The molecule has 5 atom stereocenters. The molecule has 228 valence electrons. The molecule has 2 saturated carbocycles.